The molecule has 3 heteroatoms. The summed E-state index contributed by atoms with van der Waals surface area (Å²) in [5.41, 5.74) is 11.3. The number of para-hydroxylation sites is 2. The third kappa shape index (κ3) is 4.68. The number of hydrogen-bond donors (Lipinski definition) is 0. The summed E-state index contributed by atoms with van der Waals surface area (Å²) in [6.45, 7) is 0. The Morgan fingerprint density at radius 3 is 1.83 bits per heavy atom. The fourth-order valence-corrected chi connectivity index (χ4v) is 8.22. The van der Waals surface area contributed by atoms with E-state index in [9.17, 15) is 0 Å². The van der Waals surface area contributed by atoms with Crippen LogP contribution >= 0.6 is 0 Å². The van der Waals surface area contributed by atoms with E-state index in [1.807, 2.05) is 12.1 Å². The van der Waals surface area contributed by atoms with E-state index < -0.39 is 0 Å². The molecule has 0 amide bonds. The standard InChI is InChI=1S/C50H31NO2/c1-3-14-37-32(11-1)13-9-18-38(37)34-23-26-35(27-24-34)51(36-28-30-42-41-17-6-8-21-46(41)52-48(42)31-36)45-20-7-5-16-40(45)43-19-10-22-47-49(43)44-29-25-33-12-2-4-15-39(33)50(44)53-47/h1-31H. The molecule has 0 bridgehead atoms. The van der Waals surface area contributed by atoms with E-state index >= 15 is 0 Å². The van der Waals surface area contributed by atoms with Crippen molar-refractivity contribution in [1.82, 2.24) is 0 Å². The van der Waals surface area contributed by atoms with Gasteiger partial charge in [-0.05, 0) is 81.4 Å². The topological polar surface area (TPSA) is 29.5 Å². The second-order valence-electron chi connectivity index (χ2n) is 13.6. The van der Waals surface area contributed by atoms with Crippen LogP contribution in [0.5, 0.6) is 0 Å². The zero-order valence-corrected chi connectivity index (χ0v) is 28.7. The molecule has 248 valence electrons. The maximum Gasteiger partial charge on any atom is 0.143 e. The lowest BCUT2D eigenvalue weighted by Gasteiger charge is -2.28. The largest absolute Gasteiger partial charge is 0.456 e. The van der Waals surface area contributed by atoms with Crippen LogP contribution in [0.3, 0.4) is 0 Å². The van der Waals surface area contributed by atoms with Gasteiger partial charge in [-0.2, -0.15) is 0 Å². The van der Waals surface area contributed by atoms with Crippen molar-refractivity contribution in [3.63, 3.8) is 0 Å². The first-order valence-electron chi connectivity index (χ1n) is 18.0. The van der Waals surface area contributed by atoms with Crippen LogP contribution in [0.15, 0.2) is 197 Å². The summed E-state index contributed by atoms with van der Waals surface area (Å²) in [7, 11) is 0. The first-order chi connectivity index (χ1) is 26.3. The minimum Gasteiger partial charge on any atom is -0.456 e. The molecule has 3 nitrogen and oxygen atoms in total. The van der Waals surface area contributed by atoms with E-state index in [1.54, 1.807) is 0 Å². The van der Waals surface area contributed by atoms with Crippen LogP contribution in [0, 0.1) is 0 Å². The molecule has 2 heterocycles. The second-order valence-corrected chi connectivity index (χ2v) is 13.6. The molecule has 2 aromatic heterocycles. The molecule has 11 rings (SSSR count). The Morgan fingerprint density at radius 1 is 0.340 bits per heavy atom. The van der Waals surface area contributed by atoms with Gasteiger partial charge in [-0.15, -0.1) is 0 Å². The molecule has 0 N–H and O–H groups in total. The van der Waals surface area contributed by atoms with Gasteiger partial charge in [-0.25, -0.2) is 0 Å². The summed E-state index contributed by atoms with van der Waals surface area (Å²) in [5, 5.41) is 9.20. The second kappa shape index (κ2) is 11.7. The van der Waals surface area contributed by atoms with E-state index in [0.29, 0.717) is 0 Å². The molecule has 11 aromatic rings. The predicted octanol–water partition coefficient (Wildman–Crippen LogP) is 14.6. The van der Waals surface area contributed by atoms with Crippen molar-refractivity contribution >= 4 is 82.5 Å². The summed E-state index contributed by atoms with van der Waals surface area (Å²) in [4.78, 5) is 2.35. The highest BCUT2D eigenvalue weighted by Crippen LogP contribution is 2.46. The van der Waals surface area contributed by atoms with Gasteiger partial charge in [0.25, 0.3) is 0 Å². The average Bonchev–Trinajstić information content (AvgIpc) is 3.80. The molecular weight excluding hydrogens is 647 g/mol. The normalized spacial score (nSPS) is 11.8. The maximum atomic E-state index is 6.63. The lowest BCUT2D eigenvalue weighted by atomic mass is 9.95. The van der Waals surface area contributed by atoms with Gasteiger partial charge in [0.15, 0.2) is 0 Å². The average molecular weight is 678 g/mol. The van der Waals surface area contributed by atoms with Crippen LogP contribution in [0.25, 0.3) is 87.7 Å². The van der Waals surface area contributed by atoms with E-state index in [-0.39, 0.29) is 0 Å². The third-order valence-electron chi connectivity index (χ3n) is 10.7. The predicted molar refractivity (Wildman–Crippen MR) is 222 cm³/mol. The number of furan rings is 2. The Morgan fingerprint density at radius 2 is 0.943 bits per heavy atom. The van der Waals surface area contributed by atoms with Gasteiger partial charge in [0.05, 0.1) is 5.69 Å². The van der Waals surface area contributed by atoms with Gasteiger partial charge in [0, 0.05) is 49.9 Å². The lowest BCUT2D eigenvalue weighted by molar-refractivity contribution is 0.669. The van der Waals surface area contributed by atoms with Crippen molar-refractivity contribution in [3.05, 3.63) is 188 Å². The fourth-order valence-electron chi connectivity index (χ4n) is 8.22. The van der Waals surface area contributed by atoms with Crippen LogP contribution in [-0.4, -0.2) is 0 Å². The number of nitrogens with zero attached hydrogens (tertiary/aromatic N) is 1. The molecule has 0 aliphatic carbocycles. The summed E-state index contributed by atoms with van der Waals surface area (Å²) < 4.78 is 13.1. The van der Waals surface area contributed by atoms with Crippen molar-refractivity contribution < 1.29 is 8.83 Å². The minimum absolute atomic E-state index is 0.855. The summed E-state index contributed by atoms with van der Waals surface area (Å²) in [6, 6.07) is 66.8. The summed E-state index contributed by atoms with van der Waals surface area (Å²) >= 11 is 0. The molecule has 0 atom stereocenters. The Labute approximate surface area is 305 Å². The summed E-state index contributed by atoms with van der Waals surface area (Å²) in [5.74, 6) is 0. The number of benzene rings is 9. The summed E-state index contributed by atoms with van der Waals surface area (Å²) in [6.07, 6.45) is 0. The quantitative estimate of drug-likeness (QED) is 0.182. The Balaban J connectivity index is 1.13. The van der Waals surface area contributed by atoms with Crippen LogP contribution in [-0.2, 0) is 0 Å². The maximum absolute atomic E-state index is 6.63. The highest BCUT2D eigenvalue weighted by Gasteiger charge is 2.22. The van der Waals surface area contributed by atoms with Crippen molar-refractivity contribution in [1.29, 1.82) is 0 Å². The van der Waals surface area contributed by atoms with Gasteiger partial charge < -0.3 is 13.7 Å². The van der Waals surface area contributed by atoms with Gasteiger partial charge in [0.1, 0.15) is 22.3 Å². The zero-order chi connectivity index (χ0) is 34.9. The molecule has 0 unspecified atom stereocenters. The van der Waals surface area contributed by atoms with Gasteiger partial charge >= 0.3 is 0 Å². The molecular formula is C50H31NO2. The molecule has 0 aliphatic heterocycles. The smallest absolute Gasteiger partial charge is 0.143 e. The van der Waals surface area contributed by atoms with Crippen molar-refractivity contribution in [2.75, 3.05) is 4.90 Å². The van der Waals surface area contributed by atoms with Crippen LogP contribution in [0.2, 0.25) is 0 Å². The van der Waals surface area contributed by atoms with Crippen LogP contribution in [0.1, 0.15) is 0 Å². The van der Waals surface area contributed by atoms with Crippen molar-refractivity contribution in [3.8, 4) is 22.3 Å². The van der Waals surface area contributed by atoms with E-state index in [4.69, 9.17) is 8.83 Å². The molecule has 0 fully saturated rings. The van der Waals surface area contributed by atoms with Gasteiger partial charge in [0.2, 0.25) is 0 Å². The van der Waals surface area contributed by atoms with E-state index in [2.05, 4.69) is 181 Å². The number of hydrogen-bond acceptors (Lipinski definition) is 3. The SMILES string of the molecule is c1ccc(N(c2ccc(-c3cccc4ccccc34)cc2)c2ccc3c(c2)oc2ccccc23)c(-c2cccc3oc4c5ccccc5ccc4c23)c1. The van der Waals surface area contributed by atoms with E-state index in [0.717, 1.165) is 77.5 Å². The zero-order valence-electron chi connectivity index (χ0n) is 28.7. The minimum atomic E-state index is 0.855. The Kier molecular flexibility index (Phi) is 6.55. The molecule has 0 spiro atoms. The highest BCUT2D eigenvalue weighted by atomic mass is 16.3. The van der Waals surface area contributed by atoms with Gasteiger partial charge in [-0.3, -0.25) is 0 Å². The molecule has 0 aliphatic rings. The molecule has 9 aromatic carbocycles. The molecule has 53 heavy (non-hydrogen) atoms. The number of anilines is 3. The number of fused-ring (bicyclic) bond motifs is 9. The van der Waals surface area contributed by atoms with Crippen molar-refractivity contribution in [2.24, 2.45) is 0 Å². The van der Waals surface area contributed by atoms with Crippen molar-refractivity contribution in [2.45, 2.75) is 0 Å². The first kappa shape index (κ1) is 29.6. The van der Waals surface area contributed by atoms with E-state index in [1.165, 1.54) is 27.3 Å². The third-order valence-corrected chi connectivity index (χ3v) is 10.7. The lowest BCUT2D eigenvalue weighted by Crippen LogP contribution is -2.11. The fraction of sp³-hybridized carbons (Fsp3) is 0. The Bertz CT molecular complexity index is 3180. The van der Waals surface area contributed by atoms with Crippen LogP contribution in [0.4, 0.5) is 17.1 Å². The first-order valence-corrected chi connectivity index (χ1v) is 18.0. The molecule has 0 saturated carbocycles. The molecule has 0 saturated heterocycles. The highest BCUT2D eigenvalue weighted by molar-refractivity contribution is 6.20. The van der Waals surface area contributed by atoms with Crippen LogP contribution < -0.4 is 4.90 Å². The molecule has 0 radical (unpaired) electrons. The Hall–Kier alpha value is -7.10. The number of rotatable bonds is 5. The van der Waals surface area contributed by atoms with Gasteiger partial charge in [-0.1, -0.05) is 133 Å². The monoisotopic (exact) mass is 677 g/mol.